The first kappa shape index (κ1) is 14.2. The van der Waals surface area contributed by atoms with Crippen molar-refractivity contribution in [1.29, 1.82) is 0 Å². The Bertz CT molecular complexity index is 580. The van der Waals surface area contributed by atoms with Crippen LogP contribution in [0, 0.1) is 12.8 Å². The van der Waals surface area contributed by atoms with Gasteiger partial charge in [-0.15, -0.1) is 0 Å². The van der Waals surface area contributed by atoms with Crippen LogP contribution < -0.4 is 5.73 Å². The molecule has 3 heteroatoms. The van der Waals surface area contributed by atoms with Gasteiger partial charge >= 0.3 is 0 Å². The van der Waals surface area contributed by atoms with Crippen LogP contribution in [-0.4, -0.2) is 9.78 Å². The second-order valence-electron chi connectivity index (χ2n) is 6.25. The number of aromatic nitrogens is 2. The molecule has 21 heavy (non-hydrogen) atoms. The van der Waals surface area contributed by atoms with E-state index >= 15 is 0 Å². The predicted octanol–water partition coefficient (Wildman–Crippen LogP) is 4.28. The minimum atomic E-state index is 0.778. The van der Waals surface area contributed by atoms with Crippen LogP contribution in [-0.2, 0) is 6.42 Å². The Balaban J connectivity index is 1.74. The smallest absolute Gasteiger partial charge is 0.130 e. The van der Waals surface area contributed by atoms with Gasteiger partial charge in [0.1, 0.15) is 5.82 Å². The highest BCUT2D eigenvalue weighted by molar-refractivity contribution is 5.49. The normalized spacial score (nSPS) is 16.2. The minimum absolute atomic E-state index is 0.778. The molecule has 2 N–H and O–H groups in total. The summed E-state index contributed by atoms with van der Waals surface area (Å²) < 4.78 is 1.88. The standard InChI is InChI=1S/C18H25N3/c1-14-17(13-12-15-8-4-2-5-9-15)20-21(18(14)19)16-10-6-3-7-11-16/h3,6-7,10-11,15H,2,4-5,8-9,12-13,19H2,1H3. The Morgan fingerprint density at radius 1 is 1.14 bits per heavy atom. The number of hydrogen-bond acceptors (Lipinski definition) is 2. The maximum Gasteiger partial charge on any atom is 0.130 e. The number of aryl methyl sites for hydroxylation is 1. The lowest BCUT2D eigenvalue weighted by atomic mass is 9.85. The Morgan fingerprint density at radius 2 is 1.86 bits per heavy atom. The van der Waals surface area contributed by atoms with Crippen LogP contribution in [0.15, 0.2) is 30.3 Å². The number of para-hydroxylation sites is 1. The van der Waals surface area contributed by atoms with Gasteiger partial charge in [-0.2, -0.15) is 5.10 Å². The van der Waals surface area contributed by atoms with Gasteiger partial charge in [-0.1, -0.05) is 50.3 Å². The average molecular weight is 283 g/mol. The Kier molecular flexibility index (Phi) is 4.28. The van der Waals surface area contributed by atoms with E-state index in [1.165, 1.54) is 44.2 Å². The van der Waals surface area contributed by atoms with Gasteiger partial charge in [0.25, 0.3) is 0 Å². The van der Waals surface area contributed by atoms with Crippen molar-refractivity contribution in [3.8, 4) is 5.69 Å². The number of nitrogens with two attached hydrogens (primary N) is 1. The van der Waals surface area contributed by atoms with Crippen LogP contribution in [0.5, 0.6) is 0 Å². The molecule has 1 aromatic heterocycles. The molecule has 0 unspecified atom stereocenters. The number of rotatable bonds is 4. The van der Waals surface area contributed by atoms with Gasteiger partial charge in [-0.3, -0.25) is 0 Å². The van der Waals surface area contributed by atoms with Crippen molar-refractivity contribution in [2.45, 2.75) is 51.9 Å². The highest BCUT2D eigenvalue weighted by Gasteiger charge is 2.17. The molecular formula is C18H25N3. The summed E-state index contributed by atoms with van der Waals surface area (Å²) in [6.45, 7) is 2.10. The number of benzene rings is 1. The molecule has 1 saturated carbocycles. The number of nitrogens with zero attached hydrogens (tertiary/aromatic N) is 2. The lowest BCUT2D eigenvalue weighted by Crippen LogP contribution is -2.08. The monoisotopic (exact) mass is 283 g/mol. The summed E-state index contributed by atoms with van der Waals surface area (Å²) in [4.78, 5) is 0. The third-order valence-electron chi connectivity index (χ3n) is 4.78. The first-order valence-electron chi connectivity index (χ1n) is 8.15. The molecule has 0 bridgehead atoms. The molecule has 3 nitrogen and oxygen atoms in total. The Morgan fingerprint density at radius 3 is 2.57 bits per heavy atom. The van der Waals surface area contributed by atoms with E-state index < -0.39 is 0 Å². The molecule has 0 saturated heterocycles. The summed E-state index contributed by atoms with van der Waals surface area (Å²) >= 11 is 0. The maximum absolute atomic E-state index is 6.24. The molecule has 1 aliphatic rings. The van der Waals surface area contributed by atoms with Crippen molar-refractivity contribution in [3.05, 3.63) is 41.6 Å². The quantitative estimate of drug-likeness (QED) is 0.910. The second kappa shape index (κ2) is 6.33. The van der Waals surface area contributed by atoms with Gasteiger partial charge in [0, 0.05) is 5.56 Å². The zero-order valence-electron chi connectivity index (χ0n) is 12.9. The van der Waals surface area contributed by atoms with E-state index in [9.17, 15) is 0 Å². The van der Waals surface area contributed by atoms with Crippen molar-refractivity contribution in [3.63, 3.8) is 0 Å². The largest absolute Gasteiger partial charge is 0.383 e. The van der Waals surface area contributed by atoms with Crippen molar-refractivity contribution >= 4 is 5.82 Å². The molecule has 1 aromatic carbocycles. The molecule has 1 fully saturated rings. The van der Waals surface area contributed by atoms with Crippen LogP contribution in [0.25, 0.3) is 5.69 Å². The van der Waals surface area contributed by atoms with Crippen LogP contribution in [0.2, 0.25) is 0 Å². The van der Waals surface area contributed by atoms with Gasteiger partial charge < -0.3 is 5.73 Å². The third kappa shape index (κ3) is 3.12. The summed E-state index contributed by atoms with van der Waals surface area (Å²) in [6.07, 6.45) is 9.34. The molecule has 0 spiro atoms. The van der Waals surface area contributed by atoms with Crippen molar-refractivity contribution < 1.29 is 0 Å². The fourth-order valence-electron chi connectivity index (χ4n) is 3.38. The van der Waals surface area contributed by atoms with Crippen LogP contribution in [0.4, 0.5) is 5.82 Å². The van der Waals surface area contributed by atoms with Crippen LogP contribution in [0.1, 0.15) is 49.8 Å². The van der Waals surface area contributed by atoms with Gasteiger partial charge in [-0.25, -0.2) is 4.68 Å². The van der Waals surface area contributed by atoms with E-state index in [1.807, 2.05) is 35.0 Å². The van der Waals surface area contributed by atoms with E-state index in [2.05, 4.69) is 6.92 Å². The SMILES string of the molecule is Cc1c(CCC2CCCCC2)nn(-c2ccccc2)c1N. The van der Waals surface area contributed by atoms with Crippen molar-refractivity contribution in [1.82, 2.24) is 9.78 Å². The highest BCUT2D eigenvalue weighted by Crippen LogP contribution is 2.29. The van der Waals surface area contributed by atoms with Crippen molar-refractivity contribution in [2.75, 3.05) is 5.73 Å². The maximum atomic E-state index is 6.24. The molecule has 0 aliphatic heterocycles. The first-order valence-corrected chi connectivity index (χ1v) is 8.15. The lowest BCUT2D eigenvalue weighted by Gasteiger charge is -2.20. The molecule has 0 amide bonds. The molecule has 112 valence electrons. The van der Waals surface area contributed by atoms with Gasteiger partial charge in [0.05, 0.1) is 11.4 Å². The summed E-state index contributed by atoms with van der Waals surface area (Å²) in [5, 5.41) is 4.76. The van der Waals surface area contributed by atoms with Crippen LogP contribution in [0.3, 0.4) is 0 Å². The number of nitrogen functional groups attached to an aromatic ring is 1. The van der Waals surface area contributed by atoms with E-state index in [-0.39, 0.29) is 0 Å². The van der Waals surface area contributed by atoms with Gasteiger partial charge in [0.2, 0.25) is 0 Å². The summed E-state index contributed by atoms with van der Waals surface area (Å²) in [5.74, 6) is 1.67. The van der Waals surface area contributed by atoms with Gasteiger partial charge in [0.15, 0.2) is 0 Å². The lowest BCUT2D eigenvalue weighted by molar-refractivity contribution is 0.338. The fourth-order valence-corrected chi connectivity index (χ4v) is 3.38. The van der Waals surface area contributed by atoms with Gasteiger partial charge in [-0.05, 0) is 37.8 Å². The Hall–Kier alpha value is -1.77. The average Bonchev–Trinajstić information content (AvgIpc) is 2.83. The van der Waals surface area contributed by atoms with E-state index in [0.29, 0.717) is 0 Å². The molecule has 0 radical (unpaired) electrons. The zero-order valence-corrected chi connectivity index (χ0v) is 12.9. The summed E-state index contributed by atoms with van der Waals surface area (Å²) in [7, 11) is 0. The minimum Gasteiger partial charge on any atom is -0.383 e. The molecule has 3 rings (SSSR count). The van der Waals surface area contributed by atoms with E-state index in [0.717, 1.165) is 29.4 Å². The Labute approximate surface area is 127 Å². The second-order valence-corrected chi connectivity index (χ2v) is 6.25. The topological polar surface area (TPSA) is 43.8 Å². The van der Waals surface area contributed by atoms with E-state index in [4.69, 9.17) is 10.8 Å². The fraction of sp³-hybridized carbons (Fsp3) is 0.500. The highest BCUT2D eigenvalue weighted by atomic mass is 15.3. The molecule has 1 aliphatic carbocycles. The zero-order chi connectivity index (χ0) is 14.7. The first-order chi connectivity index (χ1) is 10.3. The third-order valence-corrected chi connectivity index (χ3v) is 4.78. The summed E-state index contributed by atoms with van der Waals surface area (Å²) in [5.41, 5.74) is 9.60. The number of anilines is 1. The van der Waals surface area contributed by atoms with Crippen molar-refractivity contribution in [2.24, 2.45) is 5.92 Å². The van der Waals surface area contributed by atoms with Crippen LogP contribution >= 0.6 is 0 Å². The molecule has 2 aromatic rings. The van der Waals surface area contributed by atoms with E-state index in [1.54, 1.807) is 0 Å². The summed E-state index contributed by atoms with van der Waals surface area (Å²) in [6, 6.07) is 10.2. The molecule has 0 atom stereocenters. The predicted molar refractivity (Wildman–Crippen MR) is 87.6 cm³/mol. The number of hydrogen-bond donors (Lipinski definition) is 1. The molecule has 1 heterocycles. The molecular weight excluding hydrogens is 258 g/mol.